The summed E-state index contributed by atoms with van der Waals surface area (Å²) < 4.78 is 24.0. The molecule has 0 spiro atoms. The van der Waals surface area contributed by atoms with Gasteiger partial charge in [-0.05, 0) is 18.2 Å². The van der Waals surface area contributed by atoms with Gasteiger partial charge in [0.1, 0.15) is 0 Å². The van der Waals surface area contributed by atoms with Gasteiger partial charge in [-0.25, -0.2) is 12.7 Å². The lowest BCUT2D eigenvalue weighted by molar-refractivity contribution is -0.116. The average molecular weight is 261 g/mol. The van der Waals surface area contributed by atoms with Gasteiger partial charge >= 0.3 is 0 Å². The van der Waals surface area contributed by atoms with Gasteiger partial charge in [0.15, 0.2) is 0 Å². The van der Waals surface area contributed by atoms with Crippen LogP contribution >= 0.6 is 11.6 Å². The standard InChI is InChI=1S/C9H9ClN2O3S/c10-7-2-1-6(5-8(7)11)12-9(13)3-4-16(12,14)15/h1-2,5H,3-4,11H2. The first kappa shape index (κ1) is 11.2. The van der Waals surface area contributed by atoms with Crippen LogP contribution in [0.5, 0.6) is 0 Å². The molecule has 0 aliphatic carbocycles. The van der Waals surface area contributed by atoms with Crippen LogP contribution in [0.3, 0.4) is 0 Å². The summed E-state index contributed by atoms with van der Waals surface area (Å²) in [5.74, 6) is -0.601. The largest absolute Gasteiger partial charge is 0.397 e. The number of benzene rings is 1. The van der Waals surface area contributed by atoms with Crippen LogP contribution in [0.2, 0.25) is 5.02 Å². The zero-order valence-electron chi connectivity index (χ0n) is 8.18. The molecule has 0 unspecified atom stereocenters. The van der Waals surface area contributed by atoms with Crippen LogP contribution in [0.4, 0.5) is 11.4 Å². The van der Waals surface area contributed by atoms with E-state index < -0.39 is 15.9 Å². The number of nitrogens with zero attached hydrogens (tertiary/aromatic N) is 1. The van der Waals surface area contributed by atoms with Gasteiger partial charge in [-0.1, -0.05) is 11.6 Å². The molecule has 1 aromatic carbocycles. The summed E-state index contributed by atoms with van der Waals surface area (Å²) in [6, 6.07) is 4.30. The molecule has 16 heavy (non-hydrogen) atoms. The second-order valence-electron chi connectivity index (χ2n) is 3.43. The van der Waals surface area contributed by atoms with Gasteiger partial charge in [-0.3, -0.25) is 4.79 Å². The summed E-state index contributed by atoms with van der Waals surface area (Å²) >= 11 is 5.72. The van der Waals surface area contributed by atoms with Gasteiger partial charge in [-0.15, -0.1) is 0 Å². The molecule has 2 N–H and O–H groups in total. The van der Waals surface area contributed by atoms with E-state index in [0.29, 0.717) is 5.02 Å². The lowest BCUT2D eigenvalue weighted by Crippen LogP contribution is -2.29. The Kier molecular flexibility index (Phi) is 2.55. The van der Waals surface area contributed by atoms with E-state index in [1.54, 1.807) is 0 Å². The highest BCUT2D eigenvalue weighted by atomic mass is 35.5. The molecule has 7 heteroatoms. The number of sulfonamides is 1. The van der Waals surface area contributed by atoms with E-state index in [-0.39, 0.29) is 23.5 Å². The summed E-state index contributed by atoms with van der Waals surface area (Å²) in [4.78, 5) is 11.5. The van der Waals surface area contributed by atoms with E-state index in [4.69, 9.17) is 17.3 Å². The minimum absolute atomic E-state index is 0.00483. The zero-order chi connectivity index (χ0) is 11.9. The number of hydrogen-bond donors (Lipinski definition) is 1. The Morgan fingerprint density at radius 1 is 1.38 bits per heavy atom. The highest BCUT2D eigenvalue weighted by molar-refractivity contribution is 7.94. The number of nitrogen functional groups attached to an aromatic ring is 1. The molecule has 1 aromatic rings. The quantitative estimate of drug-likeness (QED) is 0.764. The minimum atomic E-state index is -3.53. The maximum absolute atomic E-state index is 11.6. The topological polar surface area (TPSA) is 80.5 Å². The Balaban J connectivity index is 2.52. The second-order valence-corrected chi connectivity index (χ2v) is 5.77. The number of carbonyl (C=O) groups excluding carboxylic acids is 1. The molecule has 5 nitrogen and oxygen atoms in total. The van der Waals surface area contributed by atoms with Crippen molar-refractivity contribution in [3.05, 3.63) is 23.2 Å². The molecular formula is C9H9ClN2O3S. The Labute approximate surface area is 97.8 Å². The van der Waals surface area contributed by atoms with Crippen LogP contribution in [0.15, 0.2) is 18.2 Å². The molecule has 2 rings (SSSR count). The van der Waals surface area contributed by atoms with Crippen LogP contribution < -0.4 is 10.0 Å². The Morgan fingerprint density at radius 2 is 2.06 bits per heavy atom. The fourth-order valence-electron chi connectivity index (χ4n) is 1.53. The number of hydrogen-bond acceptors (Lipinski definition) is 4. The van der Waals surface area contributed by atoms with Gasteiger partial charge in [0.05, 0.1) is 22.2 Å². The number of rotatable bonds is 1. The first-order chi connectivity index (χ1) is 7.42. The van der Waals surface area contributed by atoms with Crippen molar-refractivity contribution in [2.75, 3.05) is 15.8 Å². The normalized spacial score (nSPS) is 19.1. The Morgan fingerprint density at radius 3 is 2.56 bits per heavy atom. The van der Waals surface area contributed by atoms with Crippen LogP contribution in [0.25, 0.3) is 0 Å². The maximum Gasteiger partial charge on any atom is 0.242 e. The molecule has 1 heterocycles. The molecule has 0 bridgehead atoms. The van der Waals surface area contributed by atoms with Crippen LogP contribution in [-0.4, -0.2) is 20.1 Å². The lowest BCUT2D eigenvalue weighted by Gasteiger charge is -2.15. The third kappa shape index (κ3) is 1.74. The van der Waals surface area contributed by atoms with Crippen molar-refractivity contribution >= 4 is 38.9 Å². The molecule has 86 valence electrons. The van der Waals surface area contributed by atoms with Crippen molar-refractivity contribution in [1.29, 1.82) is 0 Å². The van der Waals surface area contributed by atoms with Gasteiger partial charge < -0.3 is 5.73 Å². The van der Waals surface area contributed by atoms with Crippen LogP contribution in [0, 0.1) is 0 Å². The van der Waals surface area contributed by atoms with E-state index >= 15 is 0 Å². The monoisotopic (exact) mass is 260 g/mol. The Bertz CT molecular complexity index is 556. The van der Waals surface area contributed by atoms with Crippen molar-refractivity contribution in [3.8, 4) is 0 Å². The number of anilines is 2. The number of amides is 1. The molecule has 0 radical (unpaired) electrons. The predicted octanol–water partition coefficient (Wildman–Crippen LogP) is 0.989. The average Bonchev–Trinajstić information content (AvgIpc) is 2.46. The van der Waals surface area contributed by atoms with Crippen molar-refractivity contribution in [3.63, 3.8) is 0 Å². The molecule has 1 fully saturated rings. The fourth-order valence-corrected chi connectivity index (χ4v) is 3.10. The maximum atomic E-state index is 11.6. The highest BCUT2D eigenvalue weighted by Crippen LogP contribution is 2.29. The van der Waals surface area contributed by atoms with Crippen LogP contribution in [-0.2, 0) is 14.8 Å². The van der Waals surface area contributed by atoms with E-state index in [1.807, 2.05) is 0 Å². The molecule has 1 amide bonds. The highest BCUT2D eigenvalue weighted by Gasteiger charge is 2.36. The van der Waals surface area contributed by atoms with E-state index in [1.165, 1.54) is 18.2 Å². The molecule has 1 aliphatic heterocycles. The lowest BCUT2D eigenvalue weighted by atomic mass is 10.2. The zero-order valence-corrected chi connectivity index (χ0v) is 9.75. The minimum Gasteiger partial charge on any atom is -0.397 e. The van der Waals surface area contributed by atoms with Gasteiger partial charge in [0.25, 0.3) is 0 Å². The fraction of sp³-hybridized carbons (Fsp3) is 0.222. The Hall–Kier alpha value is -1.27. The summed E-state index contributed by atoms with van der Waals surface area (Å²) in [6.45, 7) is 0. The third-order valence-electron chi connectivity index (χ3n) is 2.29. The van der Waals surface area contributed by atoms with Crippen molar-refractivity contribution in [2.24, 2.45) is 0 Å². The summed E-state index contributed by atoms with van der Waals surface area (Å²) in [7, 11) is -3.53. The van der Waals surface area contributed by atoms with E-state index in [9.17, 15) is 13.2 Å². The summed E-state index contributed by atoms with van der Waals surface area (Å²) in [5, 5.41) is 0.327. The summed E-state index contributed by atoms with van der Waals surface area (Å²) in [6.07, 6.45) is 0.00483. The molecule has 1 saturated heterocycles. The van der Waals surface area contributed by atoms with Gasteiger partial charge in [0, 0.05) is 6.42 Å². The van der Waals surface area contributed by atoms with E-state index in [0.717, 1.165) is 4.31 Å². The molecule has 0 aromatic heterocycles. The molecular weight excluding hydrogens is 252 g/mol. The first-order valence-corrected chi connectivity index (χ1v) is 6.51. The molecule has 0 saturated carbocycles. The van der Waals surface area contributed by atoms with Crippen LogP contribution in [0.1, 0.15) is 6.42 Å². The van der Waals surface area contributed by atoms with Crippen molar-refractivity contribution in [2.45, 2.75) is 6.42 Å². The number of nitrogens with two attached hydrogens (primary N) is 1. The smallest absolute Gasteiger partial charge is 0.242 e. The third-order valence-corrected chi connectivity index (χ3v) is 4.33. The van der Waals surface area contributed by atoms with Gasteiger partial charge in [-0.2, -0.15) is 0 Å². The number of carbonyl (C=O) groups is 1. The number of halogens is 1. The molecule has 0 atom stereocenters. The second kappa shape index (κ2) is 3.64. The predicted molar refractivity (Wildman–Crippen MR) is 61.8 cm³/mol. The SMILES string of the molecule is Nc1cc(N2C(=O)CCS2(=O)=O)ccc1Cl. The van der Waals surface area contributed by atoms with Crippen molar-refractivity contribution < 1.29 is 13.2 Å². The summed E-state index contributed by atoms with van der Waals surface area (Å²) in [5.41, 5.74) is 6.04. The van der Waals surface area contributed by atoms with Gasteiger partial charge in [0.2, 0.25) is 15.9 Å². The first-order valence-electron chi connectivity index (χ1n) is 4.53. The molecule has 1 aliphatic rings. The van der Waals surface area contributed by atoms with Crippen molar-refractivity contribution in [1.82, 2.24) is 0 Å². The van der Waals surface area contributed by atoms with E-state index in [2.05, 4.69) is 0 Å².